The summed E-state index contributed by atoms with van der Waals surface area (Å²) in [7, 11) is 2.17. The van der Waals surface area contributed by atoms with Crippen LogP contribution in [-0.2, 0) is 0 Å². The van der Waals surface area contributed by atoms with Crippen molar-refractivity contribution >= 4 is 5.71 Å². The number of likely N-dealkylation sites (tertiary alicyclic amines) is 1. The van der Waals surface area contributed by atoms with Gasteiger partial charge in [0.15, 0.2) is 0 Å². The predicted molar refractivity (Wildman–Crippen MR) is 58.5 cm³/mol. The summed E-state index contributed by atoms with van der Waals surface area (Å²) in [6.45, 7) is 7.30. The molecule has 2 heterocycles. The molecule has 1 saturated heterocycles. The van der Waals surface area contributed by atoms with Crippen LogP contribution in [0.15, 0.2) is 16.6 Å². The molecule has 0 aromatic heterocycles. The van der Waals surface area contributed by atoms with E-state index in [1.54, 1.807) is 0 Å². The average molecular weight is 180 g/mol. The first-order chi connectivity index (χ1) is 6.36. The molecule has 0 radical (unpaired) electrons. The lowest BCUT2D eigenvalue weighted by Crippen LogP contribution is -2.33. The Balaban J connectivity index is 0.000000396. The second-order valence-electron chi connectivity index (χ2n) is 3.33. The summed E-state index contributed by atoms with van der Waals surface area (Å²) in [6, 6.07) is 0. The van der Waals surface area contributed by atoms with Gasteiger partial charge in [0.2, 0.25) is 0 Å². The number of hydrogen-bond donors (Lipinski definition) is 0. The molecule has 74 valence electrons. The maximum Gasteiger partial charge on any atom is 0.0427 e. The van der Waals surface area contributed by atoms with Crippen LogP contribution in [0.5, 0.6) is 0 Å². The van der Waals surface area contributed by atoms with Crippen molar-refractivity contribution < 1.29 is 0 Å². The zero-order chi connectivity index (χ0) is 9.68. The number of piperidine rings is 1. The van der Waals surface area contributed by atoms with Gasteiger partial charge in [-0.1, -0.05) is 19.9 Å². The summed E-state index contributed by atoms with van der Waals surface area (Å²) in [4.78, 5) is 6.86. The van der Waals surface area contributed by atoms with Crippen LogP contribution in [0.2, 0.25) is 0 Å². The molecule has 0 atom stereocenters. The van der Waals surface area contributed by atoms with E-state index in [4.69, 9.17) is 0 Å². The van der Waals surface area contributed by atoms with Crippen LogP contribution < -0.4 is 0 Å². The third-order valence-corrected chi connectivity index (χ3v) is 2.36. The van der Waals surface area contributed by atoms with Gasteiger partial charge < -0.3 is 4.90 Å². The molecule has 2 rings (SSSR count). The molecule has 0 bridgehead atoms. The van der Waals surface area contributed by atoms with Crippen molar-refractivity contribution in [3.05, 3.63) is 11.6 Å². The highest BCUT2D eigenvalue weighted by atomic mass is 15.1. The Morgan fingerprint density at radius 1 is 1.38 bits per heavy atom. The molecule has 0 amide bonds. The Bertz CT molecular complexity index is 216. The molecule has 13 heavy (non-hydrogen) atoms. The van der Waals surface area contributed by atoms with E-state index in [0.717, 1.165) is 25.9 Å². The van der Waals surface area contributed by atoms with Crippen molar-refractivity contribution in [1.82, 2.24) is 4.90 Å². The fourth-order valence-corrected chi connectivity index (χ4v) is 1.72. The van der Waals surface area contributed by atoms with E-state index in [0.29, 0.717) is 0 Å². The lowest BCUT2D eigenvalue weighted by molar-refractivity contribution is 0.363. The molecule has 0 aliphatic carbocycles. The Kier molecular flexibility index (Phi) is 4.16. The fourth-order valence-electron chi connectivity index (χ4n) is 1.72. The quantitative estimate of drug-likeness (QED) is 0.557. The zero-order valence-corrected chi connectivity index (χ0v) is 9.01. The van der Waals surface area contributed by atoms with E-state index in [1.165, 1.54) is 17.8 Å². The smallest absolute Gasteiger partial charge is 0.0427 e. The van der Waals surface area contributed by atoms with Crippen LogP contribution in [0.4, 0.5) is 0 Å². The molecule has 0 saturated carbocycles. The molecule has 2 nitrogen and oxygen atoms in total. The summed E-state index contributed by atoms with van der Waals surface area (Å²) in [5.74, 6) is 0. The molecule has 0 spiro atoms. The van der Waals surface area contributed by atoms with E-state index >= 15 is 0 Å². The largest absolute Gasteiger partial charge is 0.302 e. The van der Waals surface area contributed by atoms with Gasteiger partial charge in [-0.15, -0.1) is 0 Å². The number of aliphatic imine (C=N–C) groups is 1. The van der Waals surface area contributed by atoms with Crippen molar-refractivity contribution in [2.75, 3.05) is 26.7 Å². The van der Waals surface area contributed by atoms with Gasteiger partial charge in [0.05, 0.1) is 0 Å². The molecular weight excluding hydrogens is 160 g/mol. The number of nitrogens with zero attached hydrogens (tertiary/aromatic N) is 2. The van der Waals surface area contributed by atoms with Gasteiger partial charge in [0.25, 0.3) is 0 Å². The van der Waals surface area contributed by atoms with Crippen LogP contribution in [0, 0.1) is 0 Å². The summed E-state index contributed by atoms with van der Waals surface area (Å²) < 4.78 is 0. The Morgan fingerprint density at radius 2 is 2.15 bits per heavy atom. The third kappa shape index (κ3) is 2.66. The van der Waals surface area contributed by atoms with Gasteiger partial charge >= 0.3 is 0 Å². The van der Waals surface area contributed by atoms with Gasteiger partial charge in [-0.05, 0) is 19.0 Å². The highest BCUT2D eigenvalue weighted by Crippen LogP contribution is 2.16. The molecule has 0 aromatic carbocycles. The zero-order valence-electron chi connectivity index (χ0n) is 9.01. The maximum absolute atomic E-state index is 4.51. The van der Waals surface area contributed by atoms with Gasteiger partial charge in [0, 0.05) is 31.8 Å². The monoisotopic (exact) mass is 180 g/mol. The normalized spacial score (nSPS) is 22.1. The second kappa shape index (κ2) is 5.18. The maximum atomic E-state index is 4.51. The van der Waals surface area contributed by atoms with Crippen LogP contribution in [0.3, 0.4) is 0 Å². The van der Waals surface area contributed by atoms with Crippen LogP contribution in [0.1, 0.15) is 26.7 Å². The van der Waals surface area contributed by atoms with E-state index in [2.05, 4.69) is 23.0 Å². The number of hydrogen-bond acceptors (Lipinski definition) is 2. The van der Waals surface area contributed by atoms with Crippen LogP contribution in [0.25, 0.3) is 0 Å². The molecule has 0 aromatic rings. The van der Waals surface area contributed by atoms with Crippen molar-refractivity contribution in [3.63, 3.8) is 0 Å². The molecular formula is C11H20N2. The first-order valence-corrected chi connectivity index (χ1v) is 5.27. The van der Waals surface area contributed by atoms with E-state index in [1.807, 2.05) is 13.8 Å². The number of rotatable bonds is 0. The van der Waals surface area contributed by atoms with Crippen LogP contribution in [-0.4, -0.2) is 37.3 Å². The lowest BCUT2D eigenvalue weighted by atomic mass is 9.99. The summed E-state index contributed by atoms with van der Waals surface area (Å²) >= 11 is 0. The number of fused-ring (bicyclic) bond motifs is 1. The highest BCUT2D eigenvalue weighted by Gasteiger charge is 2.17. The number of dihydropyridines is 1. The van der Waals surface area contributed by atoms with Crippen molar-refractivity contribution in [1.29, 1.82) is 0 Å². The minimum Gasteiger partial charge on any atom is -0.302 e. The average Bonchev–Trinajstić information content (AvgIpc) is 2.21. The fraction of sp³-hybridized carbons (Fsp3) is 0.727. The molecule has 1 fully saturated rings. The topological polar surface area (TPSA) is 15.6 Å². The summed E-state index contributed by atoms with van der Waals surface area (Å²) in [5, 5.41) is 0. The number of likely N-dealkylation sites (N-methyl/N-ethyl adjacent to an activating group) is 1. The molecule has 0 N–H and O–H groups in total. The van der Waals surface area contributed by atoms with Crippen molar-refractivity contribution in [2.24, 2.45) is 4.99 Å². The van der Waals surface area contributed by atoms with E-state index in [-0.39, 0.29) is 0 Å². The lowest BCUT2D eigenvalue weighted by Gasteiger charge is -2.27. The summed E-state index contributed by atoms with van der Waals surface area (Å²) in [5.41, 5.74) is 2.85. The Labute approximate surface area is 81.3 Å². The van der Waals surface area contributed by atoms with E-state index in [9.17, 15) is 0 Å². The van der Waals surface area contributed by atoms with Crippen molar-refractivity contribution in [2.45, 2.75) is 26.7 Å². The highest BCUT2D eigenvalue weighted by molar-refractivity contribution is 6.01. The SMILES string of the molecule is CC.CN1CCC2=NCCC=C2C1. The standard InChI is InChI=1S/C9H14N2.C2H6/c1-11-6-4-9-8(7-11)3-2-5-10-9;1-2/h3H,2,4-7H2,1H3;1-2H3. The Hall–Kier alpha value is -0.630. The molecule has 2 aliphatic heterocycles. The minimum absolute atomic E-state index is 1.02. The molecule has 2 heteroatoms. The summed E-state index contributed by atoms with van der Waals surface area (Å²) in [6.07, 6.45) is 4.65. The van der Waals surface area contributed by atoms with E-state index < -0.39 is 0 Å². The minimum atomic E-state index is 1.02. The third-order valence-electron chi connectivity index (χ3n) is 2.36. The first kappa shape index (κ1) is 10.5. The first-order valence-electron chi connectivity index (χ1n) is 5.27. The van der Waals surface area contributed by atoms with Gasteiger partial charge in [0.1, 0.15) is 0 Å². The van der Waals surface area contributed by atoms with Gasteiger partial charge in [-0.3, -0.25) is 4.99 Å². The van der Waals surface area contributed by atoms with Gasteiger partial charge in [-0.2, -0.15) is 0 Å². The van der Waals surface area contributed by atoms with Gasteiger partial charge in [-0.25, -0.2) is 0 Å². The van der Waals surface area contributed by atoms with Crippen LogP contribution >= 0.6 is 0 Å². The predicted octanol–water partition coefficient (Wildman–Crippen LogP) is 2.12. The molecule has 2 aliphatic rings. The Morgan fingerprint density at radius 3 is 2.92 bits per heavy atom. The van der Waals surface area contributed by atoms with Crippen molar-refractivity contribution in [3.8, 4) is 0 Å². The molecule has 0 unspecified atom stereocenters. The second-order valence-corrected chi connectivity index (χ2v) is 3.33.